The molecule has 0 radical (unpaired) electrons. The number of anilines is 1. The number of carbonyl (C=O) groups is 3. The Balaban J connectivity index is 1.55. The number of thioether (sulfide) groups is 1. The summed E-state index contributed by atoms with van der Waals surface area (Å²) in [6, 6.07) is 9.64. The number of methoxy groups -OCH3 is 1. The fourth-order valence-electron chi connectivity index (χ4n) is 2.76. The Morgan fingerprint density at radius 2 is 1.91 bits per heavy atom. The second kappa shape index (κ2) is 10.7. The molecular formula is C22H20FN3O6S. The first kappa shape index (κ1) is 23.9. The fraction of sp³-hybridized carbons (Fsp3) is 0.227. The van der Waals surface area contributed by atoms with E-state index in [1.807, 2.05) is 0 Å². The maximum absolute atomic E-state index is 12.9. The number of amides is 1. The Morgan fingerprint density at radius 3 is 2.61 bits per heavy atom. The van der Waals surface area contributed by atoms with Crippen LogP contribution in [-0.4, -0.2) is 45.9 Å². The lowest BCUT2D eigenvalue weighted by molar-refractivity contribution is -0.144. The Labute approximate surface area is 191 Å². The fourth-order valence-corrected chi connectivity index (χ4v) is 3.43. The number of hydrogen-bond donors (Lipinski definition) is 2. The molecule has 172 valence electrons. The third kappa shape index (κ3) is 6.39. The molecule has 1 amide bonds. The molecule has 3 aromatic rings. The van der Waals surface area contributed by atoms with Crippen LogP contribution >= 0.6 is 11.8 Å². The predicted octanol–water partition coefficient (Wildman–Crippen LogP) is 2.65. The van der Waals surface area contributed by atoms with E-state index in [4.69, 9.17) is 4.74 Å². The highest BCUT2D eigenvalue weighted by Gasteiger charge is 2.18. The van der Waals surface area contributed by atoms with Crippen molar-refractivity contribution in [2.75, 3.05) is 18.2 Å². The molecule has 0 saturated carbocycles. The minimum absolute atomic E-state index is 0.0188. The Bertz CT molecular complexity index is 1250. The van der Waals surface area contributed by atoms with Crippen LogP contribution in [0.2, 0.25) is 0 Å². The molecular weight excluding hydrogens is 453 g/mol. The number of aromatic nitrogens is 2. The van der Waals surface area contributed by atoms with E-state index in [1.54, 1.807) is 6.92 Å². The highest BCUT2D eigenvalue weighted by Crippen LogP contribution is 2.15. The molecule has 1 aromatic heterocycles. The number of carbonyl (C=O) groups excluding carboxylic acids is 3. The minimum Gasteiger partial charge on any atom is -0.465 e. The number of aromatic amines is 1. The van der Waals surface area contributed by atoms with Crippen molar-refractivity contribution in [3.63, 3.8) is 0 Å². The van der Waals surface area contributed by atoms with Gasteiger partial charge < -0.3 is 19.8 Å². The minimum atomic E-state index is -0.665. The van der Waals surface area contributed by atoms with Crippen LogP contribution in [0.3, 0.4) is 0 Å². The van der Waals surface area contributed by atoms with Gasteiger partial charge >= 0.3 is 11.9 Å². The van der Waals surface area contributed by atoms with Crippen LogP contribution in [0.25, 0.3) is 10.9 Å². The second-order valence-electron chi connectivity index (χ2n) is 6.85. The molecule has 1 atom stereocenters. The van der Waals surface area contributed by atoms with Crippen molar-refractivity contribution >= 4 is 46.2 Å². The van der Waals surface area contributed by atoms with Crippen molar-refractivity contribution in [3.05, 3.63) is 70.0 Å². The topological polar surface area (TPSA) is 127 Å². The summed E-state index contributed by atoms with van der Waals surface area (Å²) in [7, 11) is 1.24. The van der Waals surface area contributed by atoms with E-state index >= 15 is 0 Å². The number of esters is 2. The van der Waals surface area contributed by atoms with Gasteiger partial charge in [0.1, 0.15) is 23.5 Å². The first-order valence-corrected chi connectivity index (χ1v) is 10.8. The summed E-state index contributed by atoms with van der Waals surface area (Å²) < 4.78 is 22.8. The zero-order valence-electron chi connectivity index (χ0n) is 17.7. The van der Waals surface area contributed by atoms with Crippen LogP contribution in [0.15, 0.2) is 47.3 Å². The molecule has 0 aliphatic rings. The highest BCUT2D eigenvalue weighted by atomic mass is 32.2. The van der Waals surface area contributed by atoms with Crippen molar-refractivity contribution < 1.29 is 28.2 Å². The molecule has 2 N–H and O–H groups in total. The normalized spacial score (nSPS) is 11.6. The van der Waals surface area contributed by atoms with Gasteiger partial charge in [0.2, 0.25) is 5.91 Å². The summed E-state index contributed by atoms with van der Waals surface area (Å²) in [6.45, 7) is 1.29. The Kier molecular flexibility index (Phi) is 7.78. The van der Waals surface area contributed by atoms with Gasteiger partial charge in [-0.3, -0.25) is 14.4 Å². The molecule has 3 rings (SSSR count). The maximum Gasteiger partial charge on any atom is 0.337 e. The second-order valence-corrected chi connectivity index (χ2v) is 8.18. The summed E-state index contributed by atoms with van der Waals surface area (Å²) in [5.41, 5.74) is 0.490. The van der Waals surface area contributed by atoms with Gasteiger partial charge in [0, 0.05) is 5.69 Å². The van der Waals surface area contributed by atoms with Crippen LogP contribution in [0.5, 0.6) is 0 Å². The molecule has 0 saturated heterocycles. The number of fused-ring (bicyclic) bond motifs is 1. The van der Waals surface area contributed by atoms with Crippen molar-refractivity contribution in [2.45, 2.75) is 18.8 Å². The molecule has 0 bridgehead atoms. The van der Waals surface area contributed by atoms with Gasteiger partial charge in [-0.15, -0.1) is 11.8 Å². The van der Waals surface area contributed by atoms with E-state index in [0.29, 0.717) is 5.69 Å². The Morgan fingerprint density at radius 1 is 1.18 bits per heavy atom. The molecule has 33 heavy (non-hydrogen) atoms. The number of hydrogen-bond acceptors (Lipinski definition) is 8. The van der Waals surface area contributed by atoms with Crippen LogP contribution in [0, 0.1) is 5.82 Å². The highest BCUT2D eigenvalue weighted by molar-refractivity contribution is 8.01. The average molecular weight is 473 g/mol. The van der Waals surface area contributed by atoms with E-state index in [1.165, 1.54) is 49.6 Å². The average Bonchev–Trinajstić information content (AvgIpc) is 2.81. The van der Waals surface area contributed by atoms with Crippen molar-refractivity contribution in [2.24, 2.45) is 0 Å². The van der Waals surface area contributed by atoms with Crippen molar-refractivity contribution in [1.29, 1.82) is 0 Å². The van der Waals surface area contributed by atoms with E-state index in [-0.39, 0.29) is 40.6 Å². The number of benzene rings is 2. The van der Waals surface area contributed by atoms with E-state index < -0.39 is 28.6 Å². The number of rotatable bonds is 8. The standard InChI is InChI=1S/C22H20FN3O6S/c1-12(33-11-19(27)24-15-6-4-14(23)5-7-15)21(29)32-10-18-25-17-9-13(22(30)31-2)3-8-16(17)20(28)26-18/h3-9,12H,10-11H2,1-2H3,(H,24,27)(H,25,26,28)/t12-/m0/s1. The maximum atomic E-state index is 12.9. The zero-order valence-corrected chi connectivity index (χ0v) is 18.5. The smallest absolute Gasteiger partial charge is 0.337 e. The van der Waals surface area contributed by atoms with Crippen molar-refractivity contribution in [3.8, 4) is 0 Å². The molecule has 0 aliphatic carbocycles. The molecule has 11 heteroatoms. The summed E-state index contributed by atoms with van der Waals surface area (Å²) >= 11 is 1.06. The largest absolute Gasteiger partial charge is 0.465 e. The monoisotopic (exact) mass is 473 g/mol. The lowest BCUT2D eigenvalue weighted by Gasteiger charge is -2.11. The number of ether oxygens (including phenoxy) is 2. The molecule has 2 aromatic carbocycles. The lowest BCUT2D eigenvalue weighted by Crippen LogP contribution is -2.22. The summed E-state index contributed by atoms with van der Waals surface area (Å²) in [5, 5.41) is 2.21. The molecule has 0 aliphatic heterocycles. The van der Waals surface area contributed by atoms with E-state index in [9.17, 15) is 23.6 Å². The molecule has 0 fully saturated rings. The van der Waals surface area contributed by atoms with Crippen LogP contribution in [-0.2, 0) is 25.7 Å². The first-order valence-electron chi connectivity index (χ1n) is 9.71. The van der Waals surface area contributed by atoms with E-state index in [0.717, 1.165) is 11.8 Å². The number of nitrogens with one attached hydrogen (secondary N) is 2. The summed E-state index contributed by atoms with van der Waals surface area (Å²) in [4.78, 5) is 55.0. The van der Waals surface area contributed by atoms with Gasteiger partial charge in [-0.2, -0.15) is 0 Å². The number of H-pyrrole nitrogens is 1. The van der Waals surface area contributed by atoms with Gasteiger partial charge in [0.25, 0.3) is 5.56 Å². The molecule has 0 unspecified atom stereocenters. The summed E-state index contributed by atoms with van der Waals surface area (Å²) in [6.07, 6.45) is 0. The van der Waals surface area contributed by atoms with Gasteiger partial charge in [0.05, 0.1) is 29.3 Å². The number of nitrogens with zero attached hydrogens (tertiary/aromatic N) is 1. The predicted molar refractivity (Wildman–Crippen MR) is 120 cm³/mol. The van der Waals surface area contributed by atoms with Gasteiger partial charge in [0.15, 0.2) is 0 Å². The van der Waals surface area contributed by atoms with Crippen molar-refractivity contribution in [1.82, 2.24) is 9.97 Å². The van der Waals surface area contributed by atoms with Gasteiger partial charge in [-0.25, -0.2) is 14.2 Å². The molecule has 1 heterocycles. The van der Waals surface area contributed by atoms with Gasteiger partial charge in [-0.05, 0) is 49.4 Å². The third-order valence-electron chi connectivity index (χ3n) is 4.45. The van der Waals surface area contributed by atoms with E-state index in [2.05, 4.69) is 20.0 Å². The zero-order chi connectivity index (χ0) is 24.0. The molecule has 9 nitrogen and oxygen atoms in total. The lowest BCUT2D eigenvalue weighted by atomic mass is 10.1. The van der Waals surface area contributed by atoms with Crippen LogP contribution in [0.1, 0.15) is 23.1 Å². The quantitative estimate of drug-likeness (QED) is 0.478. The first-order chi connectivity index (χ1) is 15.8. The van der Waals surface area contributed by atoms with Crippen LogP contribution < -0.4 is 10.9 Å². The SMILES string of the molecule is COC(=O)c1ccc2c(=O)[nH]c(COC(=O)[C@H](C)SCC(=O)Nc3ccc(F)cc3)nc2c1. The van der Waals surface area contributed by atoms with Crippen LogP contribution in [0.4, 0.5) is 10.1 Å². The summed E-state index contributed by atoms with van der Waals surface area (Å²) in [5.74, 6) is -1.84. The number of halogens is 1. The Hall–Kier alpha value is -3.73. The third-order valence-corrected chi connectivity index (χ3v) is 5.57. The molecule has 0 spiro atoms. The van der Waals surface area contributed by atoms with Gasteiger partial charge in [-0.1, -0.05) is 0 Å².